The van der Waals surface area contributed by atoms with E-state index in [4.69, 9.17) is 5.73 Å². The number of aryl methyl sites for hydroxylation is 2. The number of halogens is 3. The van der Waals surface area contributed by atoms with E-state index in [9.17, 15) is 8.78 Å². The fraction of sp³-hybridized carbons (Fsp3) is 0.200. The zero-order chi connectivity index (χ0) is 14.2. The molecule has 0 aromatic heterocycles. The molecule has 19 heavy (non-hydrogen) atoms. The molecular formula is C15H14BrF2N. The van der Waals surface area contributed by atoms with E-state index in [0.717, 1.165) is 16.7 Å². The minimum absolute atomic E-state index is 0.110. The van der Waals surface area contributed by atoms with Crippen molar-refractivity contribution in [2.24, 2.45) is 5.73 Å². The van der Waals surface area contributed by atoms with Crippen molar-refractivity contribution < 1.29 is 8.78 Å². The Bertz CT molecular complexity index is 626. The van der Waals surface area contributed by atoms with Gasteiger partial charge in [-0.15, -0.1) is 0 Å². The molecule has 1 atom stereocenters. The third kappa shape index (κ3) is 2.69. The molecule has 0 spiro atoms. The van der Waals surface area contributed by atoms with Crippen LogP contribution in [0.4, 0.5) is 8.78 Å². The minimum atomic E-state index is -0.821. The van der Waals surface area contributed by atoms with Crippen molar-refractivity contribution in [3.63, 3.8) is 0 Å². The third-order valence-electron chi connectivity index (χ3n) is 3.15. The normalized spacial score (nSPS) is 12.5. The van der Waals surface area contributed by atoms with E-state index >= 15 is 0 Å². The lowest BCUT2D eigenvalue weighted by Gasteiger charge is -2.17. The van der Waals surface area contributed by atoms with Gasteiger partial charge in [-0.2, -0.15) is 0 Å². The summed E-state index contributed by atoms with van der Waals surface area (Å²) >= 11 is 3.05. The molecule has 2 aromatic carbocycles. The van der Waals surface area contributed by atoms with E-state index in [1.807, 2.05) is 32.0 Å². The number of hydrogen-bond acceptors (Lipinski definition) is 1. The van der Waals surface area contributed by atoms with E-state index in [0.29, 0.717) is 0 Å². The van der Waals surface area contributed by atoms with Crippen LogP contribution in [0.5, 0.6) is 0 Å². The average Bonchev–Trinajstić information content (AvgIpc) is 2.34. The second-order valence-corrected chi connectivity index (χ2v) is 5.45. The Morgan fingerprint density at radius 1 is 1.11 bits per heavy atom. The Hall–Kier alpha value is -1.26. The molecule has 0 saturated carbocycles. The smallest absolute Gasteiger partial charge is 0.145 e. The molecule has 0 aliphatic carbocycles. The summed E-state index contributed by atoms with van der Waals surface area (Å²) in [5.41, 5.74) is 8.66. The minimum Gasteiger partial charge on any atom is -0.320 e. The first kappa shape index (κ1) is 14.2. The fourth-order valence-corrected chi connectivity index (χ4v) is 2.50. The molecule has 0 radical (unpaired) electrons. The zero-order valence-corrected chi connectivity index (χ0v) is 12.3. The van der Waals surface area contributed by atoms with Gasteiger partial charge < -0.3 is 5.73 Å². The Labute approximate surface area is 119 Å². The van der Waals surface area contributed by atoms with Crippen molar-refractivity contribution in [2.75, 3.05) is 0 Å². The van der Waals surface area contributed by atoms with Crippen LogP contribution in [0.1, 0.15) is 28.3 Å². The summed E-state index contributed by atoms with van der Waals surface area (Å²) in [4.78, 5) is 0. The van der Waals surface area contributed by atoms with E-state index in [1.165, 1.54) is 12.1 Å². The van der Waals surface area contributed by atoms with E-state index in [-0.39, 0.29) is 10.0 Å². The van der Waals surface area contributed by atoms with Crippen LogP contribution in [0, 0.1) is 25.5 Å². The topological polar surface area (TPSA) is 26.0 Å². The standard InChI is InChI=1S/C15H14BrF2N/c1-8-3-4-10(9(2)7-8)15(19)13-12(17)6-5-11(16)14(13)18/h3-7,15H,19H2,1-2H3. The van der Waals surface area contributed by atoms with Crippen molar-refractivity contribution in [2.45, 2.75) is 19.9 Å². The second kappa shape index (κ2) is 5.39. The van der Waals surface area contributed by atoms with Crippen LogP contribution in [0.2, 0.25) is 0 Å². The molecular weight excluding hydrogens is 312 g/mol. The zero-order valence-electron chi connectivity index (χ0n) is 10.7. The average molecular weight is 326 g/mol. The first-order chi connectivity index (χ1) is 8.91. The third-order valence-corrected chi connectivity index (χ3v) is 3.76. The van der Waals surface area contributed by atoms with Crippen molar-refractivity contribution >= 4 is 15.9 Å². The molecule has 0 saturated heterocycles. The van der Waals surface area contributed by atoms with Gasteiger partial charge in [0.25, 0.3) is 0 Å². The lowest BCUT2D eigenvalue weighted by molar-refractivity contribution is 0.539. The quantitative estimate of drug-likeness (QED) is 0.814. The van der Waals surface area contributed by atoms with Gasteiger partial charge in [-0.25, -0.2) is 8.78 Å². The Balaban J connectivity index is 2.56. The molecule has 2 N–H and O–H groups in total. The molecule has 4 heteroatoms. The highest BCUT2D eigenvalue weighted by atomic mass is 79.9. The van der Waals surface area contributed by atoms with Crippen LogP contribution in [0.25, 0.3) is 0 Å². The molecule has 0 bridgehead atoms. The molecule has 0 fully saturated rings. The highest BCUT2D eigenvalue weighted by molar-refractivity contribution is 9.10. The predicted octanol–water partition coefficient (Wildman–Crippen LogP) is 4.39. The van der Waals surface area contributed by atoms with Crippen molar-refractivity contribution in [3.8, 4) is 0 Å². The second-order valence-electron chi connectivity index (χ2n) is 4.59. The van der Waals surface area contributed by atoms with Crippen molar-refractivity contribution in [3.05, 3.63) is 68.7 Å². The molecule has 0 amide bonds. The monoisotopic (exact) mass is 325 g/mol. The molecule has 0 aliphatic heterocycles. The molecule has 1 nitrogen and oxygen atoms in total. The maximum absolute atomic E-state index is 14.0. The number of benzene rings is 2. The Morgan fingerprint density at radius 2 is 1.79 bits per heavy atom. The number of hydrogen-bond donors (Lipinski definition) is 1. The van der Waals surface area contributed by atoms with Gasteiger partial charge in [0.05, 0.1) is 10.5 Å². The van der Waals surface area contributed by atoms with Gasteiger partial charge in [-0.05, 0) is 53.0 Å². The van der Waals surface area contributed by atoms with Gasteiger partial charge in [-0.1, -0.05) is 23.8 Å². The molecule has 100 valence electrons. The van der Waals surface area contributed by atoms with Crippen LogP contribution in [-0.2, 0) is 0 Å². The van der Waals surface area contributed by atoms with Crippen LogP contribution < -0.4 is 5.73 Å². The molecule has 0 aliphatic rings. The summed E-state index contributed by atoms with van der Waals surface area (Å²) in [5, 5.41) is 0. The molecule has 1 unspecified atom stereocenters. The Morgan fingerprint density at radius 3 is 2.42 bits per heavy atom. The summed E-state index contributed by atoms with van der Waals surface area (Å²) in [6.07, 6.45) is 0. The van der Waals surface area contributed by atoms with Crippen molar-refractivity contribution in [1.82, 2.24) is 0 Å². The first-order valence-corrected chi connectivity index (χ1v) is 6.67. The van der Waals surface area contributed by atoms with Gasteiger partial charge in [-0.3, -0.25) is 0 Å². The van der Waals surface area contributed by atoms with E-state index in [2.05, 4.69) is 15.9 Å². The van der Waals surface area contributed by atoms with Gasteiger partial charge >= 0.3 is 0 Å². The van der Waals surface area contributed by atoms with Gasteiger partial charge in [0.1, 0.15) is 11.6 Å². The van der Waals surface area contributed by atoms with Crippen LogP contribution in [0.3, 0.4) is 0 Å². The lowest BCUT2D eigenvalue weighted by Crippen LogP contribution is -2.17. The summed E-state index contributed by atoms with van der Waals surface area (Å²) in [7, 11) is 0. The fourth-order valence-electron chi connectivity index (χ4n) is 2.16. The predicted molar refractivity (Wildman–Crippen MR) is 76.0 cm³/mol. The summed E-state index contributed by atoms with van der Waals surface area (Å²) in [6, 6.07) is 7.38. The van der Waals surface area contributed by atoms with E-state index < -0.39 is 17.7 Å². The summed E-state index contributed by atoms with van der Waals surface area (Å²) in [6.45, 7) is 3.85. The Kier molecular flexibility index (Phi) is 4.02. The van der Waals surface area contributed by atoms with E-state index in [1.54, 1.807) is 0 Å². The van der Waals surface area contributed by atoms with Crippen molar-refractivity contribution in [1.29, 1.82) is 0 Å². The van der Waals surface area contributed by atoms with Gasteiger partial charge in [0, 0.05) is 5.56 Å². The number of nitrogens with two attached hydrogens (primary N) is 1. The number of rotatable bonds is 2. The van der Waals surface area contributed by atoms with Crippen LogP contribution in [-0.4, -0.2) is 0 Å². The first-order valence-electron chi connectivity index (χ1n) is 5.88. The summed E-state index contributed by atoms with van der Waals surface area (Å²) < 4.78 is 28.1. The largest absolute Gasteiger partial charge is 0.320 e. The summed E-state index contributed by atoms with van der Waals surface area (Å²) in [5.74, 6) is -1.28. The van der Waals surface area contributed by atoms with Crippen LogP contribution >= 0.6 is 15.9 Å². The van der Waals surface area contributed by atoms with Gasteiger partial charge in [0.15, 0.2) is 0 Å². The highest BCUT2D eigenvalue weighted by Gasteiger charge is 2.21. The van der Waals surface area contributed by atoms with Gasteiger partial charge in [0.2, 0.25) is 0 Å². The molecule has 2 aromatic rings. The maximum Gasteiger partial charge on any atom is 0.145 e. The van der Waals surface area contributed by atoms with Crippen LogP contribution in [0.15, 0.2) is 34.8 Å². The molecule has 0 heterocycles. The molecule has 2 rings (SSSR count). The lowest BCUT2D eigenvalue weighted by atomic mass is 9.94. The maximum atomic E-state index is 14.0. The highest BCUT2D eigenvalue weighted by Crippen LogP contribution is 2.30. The SMILES string of the molecule is Cc1ccc(C(N)c2c(F)ccc(Br)c2F)c(C)c1.